The number of hydrogen-bond acceptors (Lipinski definition) is 1. The van der Waals surface area contributed by atoms with E-state index >= 15 is 0 Å². The highest BCUT2D eigenvalue weighted by Crippen LogP contribution is 2.18. The van der Waals surface area contributed by atoms with Gasteiger partial charge in [0.15, 0.2) is 0 Å². The Labute approximate surface area is 104 Å². The molecule has 0 aliphatic heterocycles. The quantitative estimate of drug-likeness (QED) is 0.811. The molecule has 2 heteroatoms. The maximum absolute atomic E-state index is 11.1. The number of carboxylic acids is 1. The first-order valence-electron chi connectivity index (χ1n) is 6.36. The van der Waals surface area contributed by atoms with Gasteiger partial charge in [-0.05, 0) is 29.9 Å². The highest BCUT2D eigenvalue weighted by atomic mass is 16.4. The van der Waals surface area contributed by atoms with Crippen LogP contribution in [-0.4, -0.2) is 11.1 Å². The molecule has 0 aromatic heterocycles. The summed E-state index contributed by atoms with van der Waals surface area (Å²) in [5.41, 5.74) is 2.42. The maximum Gasteiger partial charge on any atom is 0.306 e. The van der Waals surface area contributed by atoms with Crippen molar-refractivity contribution in [1.82, 2.24) is 0 Å². The molecule has 1 aromatic carbocycles. The van der Waals surface area contributed by atoms with Crippen LogP contribution in [0.3, 0.4) is 0 Å². The molecule has 1 atom stereocenters. The molecular formula is C15H22O2. The van der Waals surface area contributed by atoms with Crippen LogP contribution in [0.2, 0.25) is 0 Å². The average molecular weight is 234 g/mol. The van der Waals surface area contributed by atoms with Gasteiger partial charge in [0.25, 0.3) is 0 Å². The van der Waals surface area contributed by atoms with Gasteiger partial charge in [0.2, 0.25) is 0 Å². The predicted octanol–water partition coefficient (Wildman–Crippen LogP) is 3.85. The first kappa shape index (κ1) is 13.8. The van der Waals surface area contributed by atoms with E-state index in [-0.39, 0.29) is 5.92 Å². The molecule has 0 radical (unpaired) electrons. The van der Waals surface area contributed by atoms with Crippen LogP contribution in [0.25, 0.3) is 0 Å². The highest BCUT2D eigenvalue weighted by molar-refractivity contribution is 5.70. The van der Waals surface area contributed by atoms with E-state index in [0.717, 1.165) is 18.4 Å². The van der Waals surface area contributed by atoms with Gasteiger partial charge in [0.1, 0.15) is 0 Å². The van der Waals surface area contributed by atoms with Gasteiger partial charge < -0.3 is 5.11 Å². The van der Waals surface area contributed by atoms with E-state index in [1.807, 2.05) is 6.92 Å². The summed E-state index contributed by atoms with van der Waals surface area (Å²) in [5.74, 6) is -0.403. The first-order chi connectivity index (χ1) is 8.04. The number of benzene rings is 1. The Balaban J connectivity index is 2.70. The Morgan fingerprint density at radius 3 is 2.24 bits per heavy atom. The molecule has 0 bridgehead atoms. The number of carbonyl (C=O) groups is 1. The van der Waals surface area contributed by atoms with Crippen LogP contribution in [0.15, 0.2) is 24.3 Å². The van der Waals surface area contributed by atoms with Gasteiger partial charge in [0.05, 0.1) is 5.92 Å². The zero-order chi connectivity index (χ0) is 12.8. The minimum Gasteiger partial charge on any atom is -0.481 e. The standard InChI is InChI=1S/C15H22O2/c1-4-5-14(15(16)17)10-12-6-8-13(9-7-12)11(2)3/h6-9,11,14H,4-5,10H2,1-3H3,(H,16,17). The zero-order valence-electron chi connectivity index (χ0n) is 10.9. The molecule has 0 amide bonds. The molecule has 1 N–H and O–H groups in total. The van der Waals surface area contributed by atoms with Crippen molar-refractivity contribution in [3.05, 3.63) is 35.4 Å². The molecule has 1 unspecified atom stereocenters. The van der Waals surface area contributed by atoms with Crippen molar-refractivity contribution >= 4 is 5.97 Å². The topological polar surface area (TPSA) is 37.3 Å². The first-order valence-corrected chi connectivity index (χ1v) is 6.36. The van der Waals surface area contributed by atoms with Crippen molar-refractivity contribution < 1.29 is 9.90 Å². The van der Waals surface area contributed by atoms with Crippen molar-refractivity contribution in [2.75, 3.05) is 0 Å². The highest BCUT2D eigenvalue weighted by Gasteiger charge is 2.16. The fourth-order valence-corrected chi connectivity index (χ4v) is 1.98. The van der Waals surface area contributed by atoms with E-state index in [4.69, 9.17) is 5.11 Å². The monoisotopic (exact) mass is 234 g/mol. The van der Waals surface area contributed by atoms with Gasteiger partial charge in [-0.2, -0.15) is 0 Å². The van der Waals surface area contributed by atoms with E-state index < -0.39 is 5.97 Å². The molecule has 0 heterocycles. The van der Waals surface area contributed by atoms with E-state index in [1.165, 1.54) is 5.56 Å². The van der Waals surface area contributed by atoms with Gasteiger partial charge in [-0.15, -0.1) is 0 Å². The Hall–Kier alpha value is -1.31. The van der Waals surface area contributed by atoms with Crippen molar-refractivity contribution in [3.63, 3.8) is 0 Å². The fourth-order valence-electron chi connectivity index (χ4n) is 1.98. The van der Waals surface area contributed by atoms with E-state index in [0.29, 0.717) is 12.3 Å². The normalized spacial score (nSPS) is 12.7. The summed E-state index contributed by atoms with van der Waals surface area (Å²) in [4.78, 5) is 11.1. The summed E-state index contributed by atoms with van der Waals surface area (Å²) in [6.07, 6.45) is 2.31. The average Bonchev–Trinajstić information content (AvgIpc) is 2.29. The molecule has 1 aromatic rings. The van der Waals surface area contributed by atoms with E-state index in [1.54, 1.807) is 0 Å². The second-order valence-electron chi connectivity index (χ2n) is 4.92. The van der Waals surface area contributed by atoms with Crippen LogP contribution in [0.1, 0.15) is 50.7 Å². The maximum atomic E-state index is 11.1. The lowest BCUT2D eigenvalue weighted by Gasteiger charge is -2.12. The van der Waals surface area contributed by atoms with E-state index in [2.05, 4.69) is 38.1 Å². The van der Waals surface area contributed by atoms with Gasteiger partial charge in [-0.25, -0.2) is 0 Å². The Morgan fingerprint density at radius 2 is 1.82 bits per heavy atom. The summed E-state index contributed by atoms with van der Waals surface area (Å²) < 4.78 is 0. The minimum absolute atomic E-state index is 0.245. The molecule has 0 saturated heterocycles. The summed E-state index contributed by atoms with van der Waals surface area (Å²) in [5, 5.41) is 9.11. The van der Waals surface area contributed by atoms with Gasteiger partial charge in [-0.3, -0.25) is 4.79 Å². The minimum atomic E-state index is -0.681. The van der Waals surface area contributed by atoms with Gasteiger partial charge in [0, 0.05) is 0 Å². The van der Waals surface area contributed by atoms with Crippen LogP contribution in [0.4, 0.5) is 0 Å². The molecule has 2 nitrogen and oxygen atoms in total. The third-order valence-corrected chi connectivity index (χ3v) is 3.11. The summed E-state index contributed by atoms with van der Waals surface area (Å²) in [6, 6.07) is 8.32. The molecule has 0 spiro atoms. The molecule has 17 heavy (non-hydrogen) atoms. The second kappa shape index (κ2) is 6.43. The Kier molecular flexibility index (Phi) is 5.20. The zero-order valence-corrected chi connectivity index (χ0v) is 10.9. The summed E-state index contributed by atoms with van der Waals surface area (Å²) in [6.45, 7) is 6.34. The van der Waals surface area contributed by atoms with Crippen LogP contribution in [-0.2, 0) is 11.2 Å². The molecule has 0 aliphatic carbocycles. The van der Waals surface area contributed by atoms with Crippen LogP contribution >= 0.6 is 0 Å². The molecule has 0 aliphatic rings. The number of carboxylic acid groups (broad SMARTS) is 1. The lowest BCUT2D eigenvalue weighted by Crippen LogP contribution is -2.16. The number of aliphatic carboxylic acids is 1. The van der Waals surface area contributed by atoms with Crippen LogP contribution < -0.4 is 0 Å². The fraction of sp³-hybridized carbons (Fsp3) is 0.533. The molecule has 94 valence electrons. The van der Waals surface area contributed by atoms with Crippen molar-refractivity contribution in [1.29, 1.82) is 0 Å². The van der Waals surface area contributed by atoms with Crippen molar-refractivity contribution in [3.8, 4) is 0 Å². The largest absolute Gasteiger partial charge is 0.481 e. The lowest BCUT2D eigenvalue weighted by molar-refractivity contribution is -0.141. The molecular weight excluding hydrogens is 212 g/mol. The smallest absolute Gasteiger partial charge is 0.306 e. The lowest BCUT2D eigenvalue weighted by atomic mass is 9.93. The Bertz CT molecular complexity index is 352. The van der Waals surface area contributed by atoms with Gasteiger partial charge >= 0.3 is 5.97 Å². The van der Waals surface area contributed by atoms with Crippen molar-refractivity contribution in [2.24, 2.45) is 5.92 Å². The molecule has 0 fully saturated rings. The summed E-state index contributed by atoms with van der Waals surface area (Å²) in [7, 11) is 0. The SMILES string of the molecule is CCCC(Cc1ccc(C(C)C)cc1)C(=O)O. The van der Waals surface area contributed by atoms with Crippen LogP contribution in [0.5, 0.6) is 0 Å². The third kappa shape index (κ3) is 4.22. The van der Waals surface area contributed by atoms with Crippen molar-refractivity contribution in [2.45, 2.75) is 46.0 Å². The number of rotatable bonds is 6. The van der Waals surface area contributed by atoms with Gasteiger partial charge in [-0.1, -0.05) is 51.5 Å². The summed E-state index contributed by atoms with van der Waals surface area (Å²) >= 11 is 0. The second-order valence-corrected chi connectivity index (χ2v) is 4.92. The van der Waals surface area contributed by atoms with E-state index in [9.17, 15) is 4.79 Å². The number of hydrogen-bond donors (Lipinski definition) is 1. The molecule has 1 rings (SSSR count). The Morgan fingerprint density at radius 1 is 1.24 bits per heavy atom. The van der Waals surface area contributed by atoms with Crippen LogP contribution in [0, 0.1) is 5.92 Å². The molecule has 0 saturated carbocycles. The third-order valence-electron chi connectivity index (χ3n) is 3.11. The predicted molar refractivity (Wildman–Crippen MR) is 70.3 cm³/mol.